The summed E-state index contributed by atoms with van der Waals surface area (Å²) in [6.45, 7) is 2.79. The van der Waals surface area contributed by atoms with Gasteiger partial charge in [0.25, 0.3) is 5.91 Å². The Balaban J connectivity index is 1.83. The van der Waals surface area contributed by atoms with Gasteiger partial charge in [-0.15, -0.1) is 0 Å². The van der Waals surface area contributed by atoms with Gasteiger partial charge >= 0.3 is 0 Å². The van der Waals surface area contributed by atoms with E-state index in [0.717, 1.165) is 18.6 Å². The van der Waals surface area contributed by atoms with E-state index in [9.17, 15) is 4.79 Å². The Morgan fingerprint density at radius 1 is 1.13 bits per heavy atom. The molecule has 1 aliphatic rings. The largest absolute Gasteiger partial charge is 0.494 e. The third kappa shape index (κ3) is 5.24. The Morgan fingerprint density at radius 2 is 1.87 bits per heavy atom. The van der Waals surface area contributed by atoms with Crippen LogP contribution in [0.3, 0.4) is 0 Å². The van der Waals surface area contributed by atoms with Crippen LogP contribution in [0.25, 0.3) is 0 Å². The van der Waals surface area contributed by atoms with Gasteiger partial charge in [0, 0.05) is 17.8 Å². The van der Waals surface area contributed by atoms with E-state index in [2.05, 4.69) is 6.07 Å². The maximum Gasteiger partial charge on any atom is 0.258 e. The van der Waals surface area contributed by atoms with Crippen LogP contribution in [0.2, 0.25) is 0 Å². The maximum atomic E-state index is 13.3. The third-order valence-electron chi connectivity index (χ3n) is 5.16. The molecule has 0 aliphatic heterocycles. The van der Waals surface area contributed by atoms with E-state index in [-0.39, 0.29) is 18.4 Å². The number of hydrogen-bond donors (Lipinski definition) is 0. The number of ether oxygens (including phenoxy) is 3. The summed E-state index contributed by atoms with van der Waals surface area (Å²) in [6, 6.07) is 14.7. The summed E-state index contributed by atoms with van der Waals surface area (Å²) in [5.74, 6) is 1.74. The van der Waals surface area contributed by atoms with Crippen molar-refractivity contribution < 1.29 is 19.0 Å². The first-order valence-corrected chi connectivity index (χ1v) is 10.4. The van der Waals surface area contributed by atoms with Gasteiger partial charge in [-0.2, -0.15) is 5.26 Å². The van der Waals surface area contributed by atoms with Crippen molar-refractivity contribution in [3.05, 3.63) is 48.0 Å². The number of anilines is 1. The highest BCUT2D eigenvalue weighted by Gasteiger charge is 2.22. The fraction of sp³-hybridized carbons (Fsp3) is 0.417. The van der Waals surface area contributed by atoms with Crippen molar-refractivity contribution in [1.82, 2.24) is 0 Å². The zero-order valence-corrected chi connectivity index (χ0v) is 17.6. The van der Waals surface area contributed by atoms with Crippen molar-refractivity contribution in [2.45, 2.75) is 45.1 Å². The van der Waals surface area contributed by atoms with E-state index in [0.29, 0.717) is 35.9 Å². The molecule has 2 aromatic rings. The van der Waals surface area contributed by atoms with Crippen molar-refractivity contribution in [2.24, 2.45) is 0 Å². The van der Waals surface area contributed by atoms with Crippen LogP contribution < -0.4 is 19.1 Å². The highest BCUT2D eigenvalue weighted by atomic mass is 16.5. The lowest BCUT2D eigenvalue weighted by Crippen LogP contribution is -2.31. The molecule has 1 fully saturated rings. The van der Waals surface area contributed by atoms with Crippen molar-refractivity contribution in [3.63, 3.8) is 0 Å². The van der Waals surface area contributed by atoms with Crippen LogP contribution in [0.1, 0.15) is 49.4 Å². The zero-order chi connectivity index (χ0) is 21.3. The number of nitrogens with zero attached hydrogens (tertiary/aromatic N) is 2. The van der Waals surface area contributed by atoms with Gasteiger partial charge in [-0.1, -0.05) is 0 Å². The molecule has 1 saturated carbocycles. The quantitative estimate of drug-likeness (QED) is 0.585. The van der Waals surface area contributed by atoms with Crippen LogP contribution in [0.5, 0.6) is 17.2 Å². The minimum Gasteiger partial charge on any atom is -0.494 e. The van der Waals surface area contributed by atoms with Gasteiger partial charge in [0.1, 0.15) is 5.75 Å². The second kappa shape index (κ2) is 10.5. The molecule has 0 N–H and O–H groups in total. The van der Waals surface area contributed by atoms with Crippen molar-refractivity contribution in [3.8, 4) is 23.3 Å². The number of hydrogen-bond acceptors (Lipinski definition) is 5. The smallest absolute Gasteiger partial charge is 0.258 e. The average molecular weight is 408 g/mol. The Labute approximate surface area is 178 Å². The standard InChI is InChI=1S/C24H28N2O4/c1-3-29-20-12-10-19(11-13-20)26(16-6-15-25)24(27)18-9-14-22(23(17-18)28-2)30-21-7-4-5-8-21/h9-14,17,21H,3-8,16H2,1-2H3. The second-order valence-electron chi connectivity index (χ2n) is 7.18. The number of carbonyl (C=O) groups excluding carboxylic acids is 1. The van der Waals surface area contributed by atoms with Crippen LogP contribution in [0.15, 0.2) is 42.5 Å². The molecule has 2 aromatic carbocycles. The molecule has 0 radical (unpaired) electrons. The summed E-state index contributed by atoms with van der Waals surface area (Å²) in [7, 11) is 1.57. The Bertz CT molecular complexity index is 883. The number of amides is 1. The Kier molecular flexibility index (Phi) is 7.56. The van der Waals surface area contributed by atoms with Crippen LogP contribution >= 0.6 is 0 Å². The molecule has 1 amide bonds. The van der Waals surface area contributed by atoms with Crippen LogP contribution in [0.4, 0.5) is 5.69 Å². The first kappa shape index (κ1) is 21.5. The molecule has 30 heavy (non-hydrogen) atoms. The normalized spacial score (nSPS) is 13.5. The predicted octanol–water partition coefficient (Wildman–Crippen LogP) is 4.98. The molecule has 0 aromatic heterocycles. The lowest BCUT2D eigenvalue weighted by atomic mass is 10.1. The topological polar surface area (TPSA) is 71.8 Å². The number of nitriles is 1. The minimum atomic E-state index is -0.194. The fourth-order valence-corrected chi connectivity index (χ4v) is 3.64. The molecular weight excluding hydrogens is 380 g/mol. The monoisotopic (exact) mass is 408 g/mol. The lowest BCUT2D eigenvalue weighted by molar-refractivity contribution is 0.0987. The van der Waals surface area contributed by atoms with Crippen LogP contribution in [0, 0.1) is 11.3 Å². The number of benzene rings is 2. The number of rotatable bonds is 9. The van der Waals surface area contributed by atoms with Gasteiger partial charge in [-0.3, -0.25) is 4.79 Å². The van der Waals surface area contributed by atoms with Gasteiger partial charge in [0.05, 0.1) is 32.3 Å². The SMILES string of the molecule is CCOc1ccc(N(CCC#N)C(=O)c2ccc(OC3CCCC3)c(OC)c2)cc1. The van der Waals surface area contributed by atoms with E-state index in [1.54, 1.807) is 30.2 Å². The zero-order valence-electron chi connectivity index (χ0n) is 17.6. The molecule has 0 heterocycles. The van der Waals surface area contributed by atoms with E-state index < -0.39 is 0 Å². The van der Waals surface area contributed by atoms with Gasteiger partial charge in [-0.05, 0) is 75.1 Å². The summed E-state index contributed by atoms with van der Waals surface area (Å²) >= 11 is 0. The average Bonchev–Trinajstić information content (AvgIpc) is 3.28. The number of carbonyl (C=O) groups is 1. The fourth-order valence-electron chi connectivity index (χ4n) is 3.64. The van der Waals surface area contributed by atoms with Crippen LogP contribution in [-0.2, 0) is 0 Å². The van der Waals surface area contributed by atoms with E-state index in [1.165, 1.54) is 12.8 Å². The van der Waals surface area contributed by atoms with Crippen molar-refractivity contribution in [1.29, 1.82) is 5.26 Å². The molecule has 3 rings (SSSR count). The van der Waals surface area contributed by atoms with E-state index in [1.807, 2.05) is 31.2 Å². The Morgan fingerprint density at radius 3 is 2.50 bits per heavy atom. The highest BCUT2D eigenvalue weighted by Crippen LogP contribution is 2.33. The molecule has 0 bridgehead atoms. The molecule has 1 aliphatic carbocycles. The molecule has 0 spiro atoms. The maximum absolute atomic E-state index is 13.3. The van der Waals surface area contributed by atoms with Gasteiger partial charge < -0.3 is 19.1 Å². The molecular formula is C24H28N2O4. The lowest BCUT2D eigenvalue weighted by Gasteiger charge is -2.23. The molecule has 0 saturated heterocycles. The van der Waals surface area contributed by atoms with E-state index in [4.69, 9.17) is 19.5 Å². The van der Waals surface area contributed by atoms with Gasteiger partial charge in [0.15, 0.2) is 11.5 Å². The molecule has 0 atom stereocenters. The number of methoxy groups -OCH3 is 1. The predicted molar refractivity (Wildman–Crippen MR) is 115 cm³/mol. The molecule has 6 heteroatoms. The third-order valence-corrected chi connectivity index (χ3v) is 5.16. The van der Waals surface area contributed by atoms with Gasteiger partial charge in [-0.25, -0.2) is 0 Å². The van der Waals surface area contributed by atoms with Gasteiger partial charge in [0.2, 0.25) is 0 Å². The first-order chi connectivity index (χ1) is 14.7. The second-order valence-corrected chi connectivity index (χ2v) is 7.18. The van der Waals surface area contributed by atoms with Crippen molar-refractivity contribution in [2.75, 3.05) is 25.2 Å². The minimum absolute atomic E-state index is 0.194. The first-order valence-electron chi connectivity index (χ1n) is 10.4. The van der Waals surface area contributed by atoms with Crippen LogP contribution in [-0.4, -0.2) is 32.3 Å². The molecule has 6 nitrogen and oxygen atoms in total. The molecule has 158 valence electrons. The summed E-state index contributed by atoms with van der Waals surface area (Å²) in [4.78, 5) is 14.9. The summed E-state index contributed by atoms with van der Waals surface area (Å²) in [5, 5.41) is 9.04. The summed E-state index contributed by atoms with van der Waals surface area (Å²) in [5.41, 5.74) is 1.20. The van der Waals surface area contributed by atoms with E-state index >= 15 is 0 Å². The van der Waals surface area contributed by atoms with Crippen molar-refractivity contribution >= 4 is 11.6 Å². The molecule has 0 unspecified atom stereocenters. The summed E-state index contributed by atoms with van der Waals surface area (Å²) < 4.78 is 17.0. The Hall–Kier alpha value is -3.20. The summed E-state index contributed by atoms with van der Waals surface area (Å²) in [6.07, 6.45) is 4.89. The highest BCUT2D eigenvalue weighted by molar-refractivity contribution is 6.06.